The van der Waals surface area contributed by atoms with E-state index >= 15 is 0 Å². The molecule has 1 aliphatic heterocycles. The van der Waals surface area contributed by atoms with E-state index in [0.29, 0.717) is 24.9 Å². The summed E-state index contributed by atoms with van der Waals surface area (Å²) in [6, 6.07) is 3.83. The van der Waals surface area contributed by atoms with Crippen LogP contribution in [0.15, 0.2) is 12.3 Å². The number of aromatic nitrogens is 2. The largest absolute Gasteiger partial charge is 0.384 e. The van der Waals surface area contributed by atoms with Gasteiger partial charge in [-0.2, -0.15) is 10.2 Å². The Kier molecular flexibility index (Phi) is 1.74. The van der Waals surface area contributed by atoms with Crippen LogP contribution in [0.2, 0.25) is 0 Å². The molecule has 0 radical (unpaired) electrons. The van der Waals surface area contributed by atoms with E-state index in [1.54, 1.807) is 12.3 Å². The van der Waals surface area contributed by atoms with Crippen molar-refractivity contribution in [3.8, 4) is 6.07 Å². The normalized spacial score (nSPS) is 16.4. The Morgan fingerprint density at radius 2 is 2.38 bits per heavy atom. The topological polar surface area (TPSA) is 78.8 Å². The molecule has 1 aromatic rings. The molecule has 0 aliphatic carbocycles. The number of anilines is 2. The van der Waals surface area contributed by atoms with E-state index < -0.39 is 0 Å². The Morgan fingerprint density at radius 1 is 1.62 bits per heavy atom. The van der Waals surface area contributed by atoms with Gasteiger partial charge in [-0.25, -0.2) is 4.98 Å². The van der Waals surface area contributed by atoms with Gasteiger partial charge in [0.2, 0.25) is 5.95 Å². The van der Waals surface area contributed by atoms with E-state index in [4.69, 9.17) is 11.0 Å². The number of nitrogens with two attached hydrogens (primary N) is 1. The lowest BCUT2D eigenvalue weighted by atomic mass is 10.0. The fraction of sp³-hybridized carbons (Fsp3) is 0.375. The van der Waals surface area contributed by atoms with Crippen molar-refractivity contribution in [3.63, 3.8) is 0 Å². The lowest BCUT2D eigenvalue weighted by molar-refractivity contribution is 0.494. The van der Waals surface area contributed by atoms with Crippen molar-refractivity contribution in [2.75, 3.05) is 23.7 Å². The van der Waals surface area contributed by atoms with Gasteiger partial charge < -0.3 is 10.6 Å². The van der Waals surface area contributed by atoms with Crippen LogP contribution in [0.4, 0.5) is 11.8 Å². The van der Waals surface area contributed by atoms with Crippen molar-refractivity contribution in [2.45, 2.75) is 0 Å². The zero-order valence-electron chi connectivity index (χ0n) is 7.01. The molecule has 2 rings (SSSR count). The van der Waals surface area contributed by atoms with Crippen LogP contribution >= 0.6 is 0 Å². The molecule has 5 nitrogen and oxygen atoms in total. The average molecular weight is 175 g/mol. The standard InChI is InChI=1S/C8H9N5/c9-3-6-4-13(5-6)8-11-2-1-7(10)12-8/h1-2,6H,4-5H2,(H2,10,11,12). The molecule has 1 fully saturated rings. The lowest BCUT2D eigenvalue weighted by Gasteiger charge is -2.35. The molecule has 2 heterocycles. The summed E-state index contributed by atoms with van der Waals surface area (Å²) in [7, 11) is 0. The van der Waals surface area contributed by atoms with Gasteiger partial charge in [0.25, 0.3) is 0 Å². The molecule has 2 N–H and O–H groups in total. The Hall–Kier alpha value is -1.83. The van der Waals surface area contributed by atoms with Crippen molar-refractivity contribution in [1.29, 1.82) is 5.26 Å². The minimum absolute atomic E-state index is 0.116. The summed E-state index contributed by atoms with van der Waals surface area (Å²) in [4.78, 5) is 10.0. The van der Waals surface area contributed by atoms with Gasteiger partial charge in [-0.05, 0) is 6.07 Å². The van der Waals surface area contributed by atoms with Gasteiger partial charge in [-0.15, -0.1) is 0 Å². The first-order chi connectivity index (χ1) is 6.29. The van der Waals surface area contributed by atoms with Crippen LogP contribution in [0.25, 0.3) is 0 Å². The van der Waals surface area contributed by atoms with Crippen LogP contribution in [-0.2, 0) is 0 Å². The first-order valence-electron chi connectivity index (χ1n) is 4.02. The molecule has 1 saturated heterocycles. The molecule has 0 saturated carbocycles. The average Bonchev–Trinajstić information content (AvgIpc) is 2.02. The van der Waals surface area contributed by atoms with Crippen molar-refractivity contribution in [1.82, 2.24) is 9.97 Å². The van der Waals surface area contributed by atoms with Crippen LogP contribution < -0.4 is 10.6 Å². The lowest BCUT2D eigenvalue weighted by Crippen LogP contribution is -2.46. The van der Waals surface area contributed by atoms with E-state index in [2.05, 4.69) is 16.0 Å². The third-order valence-corrected chi connectivity index (χ3v) is 2.01. The van der Waals surface area contributed by atoms with E-state index in [0.717, 1.165) is 0 Å². The van der Waals surface area contributed by atoms with E-state index in [9.17, 15) is 0 Å². The quantitative estimate of drug-likeness (QED) is 0.650. The molecular formula is C8H9N5. The molecule has 5 heteroatoms. The maximum Gasteiger partial charge on any atom is 0.227 e. The number of rotatable bonds is 1. The molecule has 1 aliphatic rings. The minimum atomic E-state index is 0.116. The molecule has 13 heavy (non-hydrogen) atoms. The van der Waals surface area contributed by atoms with Gasteiger partial charge in [-0.3, -0.25) is 0 Å². The zero-order valence-corrected chi connectivity index (χ0v) is 7.01. The fourth-order valence-corrected chi connectivity index (χ4v) is 1.24. The third kappa shape index (κ3) is 1.38. The first-order valence-corrected chi connectivity index (χ1v) is 4.02. The number of nitrogens with zero attached hydrogens (tertiary/aromatic N) is 4. The van der Waals surface area contributed by atoms with Crippen LogP contribution in [0, 0.1) is 17.2 Å². The zero-order chi connectivity index (χ0) is 9.26. The van der Waals surface area contributed by atoms with Crippen LogP contribution in [0.1, 0.15) is 0 Å². The van der Waals surface area contributed by atoms with Crippen molar-refractivity contribution in [3.05, 3.63) is 12.3 Å². The highest BCUT2D eigenvalue weighted by Crippen LogP contribution is 2.20. The maximum absolute atomic E-state index is 8.56. The number of hydrogen-bond acceptors (Lipinski definition) is 5. The van der Waals surface area contributed by atoms with Crippen molar-refractivity contribution < 1.29 is 0 Å². The second-order valence-corrected chi connectivity index (χ2v) is 3.01. The summed E-state index contributed by atoms with van der Waals surface area (Å²) in [6.45, 7) is 1.42. The van der Waals surface area contributed by atoms with Gasteiger partial charge in [0, 0.05) is 19.3 Å². The minimum Gasteiger partial charge on any atom is -0.384 e. The second-order valence-electron chi connectivity index (χ2n) is 3.01. The van der Waals surface area contributed by atoms with Crippen LogP contribution in [0.5, 0.6) is 0 Å². The SMILES string of the molecule is N#CC1CN(c2nccc(N)n2)C1. The summed E-state index contributed by atoms with van der Waals surface area (Å²) < 4.78 is 0. The Bertz CT molecular complexity index is 350. The molecule has 0 amide bonds. The highest BCUT2D eigenvalue weighted by molar-refractivity contribution is 5.40. The Labute approximate surface area is 75.8 Å². The summed E-state index contributed by atoms with van der Waals surface area (Å²) in [5, 5.41) is 8.56. The predicted molar refractivity (Wildman–Crippen MR) is 47.8 cm³/mol. The van der Waals surface area contributed by atoms with Crippen LogP contribution in [0.3, 0.4) is 0 Å². The molecular weight excluding hydrogens is 166 g/mol. The molecule has 66 valence electrons. The second kappa shape index (κ2) is 2.90. The summed E-state index contributed by atoms with van der Waals surface area (Å²) in [5.41, 5.74) is 5.50. The van der Waals surface area contributed by atoms with E-state index in [1.807, 2.05) is 4.90 Å². The predicted octanol–water partition coefficient (Wildman–Crippen LogP) is 0.0186. The molecule has 0 bridgehead atoms. The van der Waals surface area contributed by atoms with E-state index in [-0.39, 0.29) is 5.92 Å². The molecule has 0 unspecified atom stereocenters. The van der Waals surface area contributed by atoms with Gasteiger partial charge >= 0.3 is 0 Å². The first kappa shape index (κ1) is 7.80. The maximum atomic E-state index is 8.56. The monoisotopic (exact) mass is 175 g/mol. The van der Waals surface area contributed by atoms with Crippen molar-refractivity contribution >= 4 is 11.8 Å². The Balaban J connectivity index is 2.08. The van der Waals surface area contributed by atoms with Gasteiger partial charge in [0.15, 0.2) is 0 Å². The summed E-state index contributed by atoms with van der Waals surface area (Å²) in [5.74, 6) is 1.20. The summed E-state index contributed by atoms with van der Waals surface area (Å²) in [6.07, 6.45) is 1.62. The number of nitrogen functional groups attached to an aromatic ring is 1. The van der Waals surface area contributed by atoms with E-state index in [1.165, 1.54) is 0 Å². The molecule has 0 spiro atoms. The van der Waals surface area contributed by atoms with Gasteiger partial charge in [0.05, 0.1) is 12.0 Å². The summed E-state index contributed by atoms with van der Waals surface area (Å²) >= 11 is 0. The van der Waals surface area contributed by atoms with Crippen LogP contribution in [-0.4, -0.2) is 23.1 Å². The highest BCUT2D eigenvalue weighted by Gasteiger charge is 2.28. The number of nitriles is 1. The Morgan fingerprint density at radius 3 is 3.00 bits per heavy atom. The highest BCUT2D eigenvalue weighted by atomic mass is 15.3. The fourth-order valence-electron chi connectivity index (χ4n) is 1.24. The van der Waals surface area contributed by atoms with Gasteiger partial charge in [-0.1, -0.05) is 0 Å². The molecule has 0 aromatic carbocycles. The number of hydrogen-bond donors (Lipinski definition) is 1. The third-order valence-electron chi connectivity index (χ3n) is 2.01. The van der Waals surface area contributed by atoms with Crippen molar-refractivity contribution in [2.24, 2.45) is 5.92 Å². The molecule has 1 aromatic heterocycles. The van der Waals surface area contributed by atoms with Gasteiger partial charge in [0.1, 0.15) is 5.82 Å². The smallest absolute Gasteiger partial charge is 0.227 e. The molecule has 0 atom stereocenters.